The Balaban J connectivity index is 1.44. The minimum Gasteiger partial charge on any atom is -0.351 e. The molecule has 0 saturated carbocycles. The molecule has 0 spiro atoms. The number of rotatable bonds is 8. The molecule has 1 aromatic carbocycles. The average Bonchev–Trinajstić information content (AvgIpc) is 3.23. The summed E-state index contributed by atoms with van der Waals surface area (Å²) in [6, 6.07) is 12.1. The van der Waals surface area contributed by atoms with E-state index >= 15 is 0 Å². The molecule has 37 heavy (non-hydrogen) atoms. The number of para-hydroxylation sites is 1. The number of hydrogen-bond acceptors (Lipinski definition) is 6. The van der Waals surface area contributed by atoms with Crippen molar-refractivity contribution in [1.82, 2.24) is 24.9 Å². The summed E-state index contributed by atoms with van der Waals surface area (Å²) < 4.78 is 27.0. The van der Waals surface area contributed by atoms with Crippen LogP contribution >= 0.6 is 0 Å². The van der Waals surface area contributed by atoms with Crippen LogP contribution in [0.5, 0.6) is 0 Å². The van der Waals surface area contributed by atoms with E-state index in [1.807, 2.05) is 38.1 Å². The van der Waals surface area contributed by atoms with Crippen molar-refractivity contribution in [2.45, 2.75) is 50.2 Å². The maximum atomic E-state index is 13.2. The van der Waals surface area contributed by atoms with E-state index in [2.05, 4.69) is 20.6 Å². The van der Waals surface area contributed by atoms with Gasteiger partial charge < -0.3 is 15.6 Å². The van der Waals surface area contributed by atoms with Gasteiger partial charge in [0.05, 0.1) is 12.6 Å². The quantitative estimate of drug-likeness (QED) is 0.412. The zero-order valence-corrected chi connectivity index (χ0v) is 21.6. The number of aromatic amines is 1. The minimum absolute atomic E-state index is 0.0996. The Hall–Kier alpha value is -3.57. The first-order valence-electron chi connectivity index (χ1n) is 12.3. The van der Waals surface area contributed by atoms with Crippen LogP contribution in [-0.4, -0.2) is 65.5 Å². The molecule has 3 heterocycles. The van der Waals surface area contributed by atoms with Gasteiger partial charge in [-0.25, -0.2) is 13.4 Å². The molecule has 196 valence electrons. The van der Waals surface area contributed by atoms with Crippen molar-refractivity contribution in [2.24, 2.45) is 5.92 Å². The van der Waals surface area contributed by atoms with Gasteiger partial charge in [-0.1, -0.05) is 38.1 Å². The number of nitrogens with zero attached hydrogens (tertiary/aromatic N) is 2. The van der Waals surface area contributed by atoms with Gasteiger partial charge in [-0.05, 0) is 49.4 Å². The largest absolute Gasteiger partial charge is 0.351 e. The summed E-state index contributed by atoms with van der Waals surface area (Å²) >= 11 is 0. The standard InChI is InChI=1S/C26H31N5O5S/c1-17(2)14-21(30-26(34)22-15-18-8-3-4-9-19(18)28-22)25(33)29-20-10-7-13-31(16-23(20)32)37(35,36)24-11-5-6-12-27-24/h3-6,8-9,11-12,15,17,20-21,28H,7,10,13-14,16H2,1-2H3,(H,29,33)(H,30,34)/t20-,21?/m0/s1. The van der Waals surface area contributed by atoms with Crippen molar-refractivity contribution in [3.05, 3.63) is 60.4 Å². The van der Waals surface area contributed by atoms with Gasteiger partial charge in [-0.3, -0.25) is 14.4 Å². The second kappa shape index (κ2) is 11.2. The summed E-state index contributed by atoms with van der Waals surface area (Å²) in [6.07, 6.45) is 2.44. The Morgan fingerprint density at radius 1 is 1.16 bits per heavy atom. The lowest BCUT2D eigenvalue weighted by Crippen LogP contribution is -2.52. The summed E-state index contributed by atoms with van der Waals surface area (Å²) in [6.45, 7) is 3.66. The number of H-pyrrole nitrogens is 1. The number of carbonyl (C=O) groups excluding carboxylic acids is 3. The monoisotopic (exact) mass is 525 g/mol. The number of amides is 2. The highest BCUT2D eigenvalue weighted by Gasteiger charge is 2.35. The van der Waals surface area contributed by atoms with Crippen LogP contribution in [0.2, 0.25) is 0 Å². The molecule has 3 aromatic rings. The predicted octanol–water partition coefficient (Wildman–Crippen LogP) is 2.25. The SMILES string of the molecule is CC(C)CC(NC(=O)c1cc2ccccc2[nH]1)C(=O)N[C@H]1CCCN(S(=O)(=O)c2ccccn2)CC1=O. The molecule has 1 unspecified atom stereocenters. The molecule has 2 atom stereocenters. The molecule has 0 radical (unpaired) electrons. The van der Waals surface area contributed by atoms with Crippen LogP contribution in [-0.2, 0) is 19.6 Å². The molecule has 0 aliphatic carbocycles. The number of benzene rings is 1. The highest BCUT2D eigenvalue weighted by Crippen LogP contribution is 2.19. The lowest BCUT2D eigenvalue weighted by Gasteiger charge is -2.23. The first-order chi connectivity index (χ1) is 17.6. The van der Waals surface area contributed by atoms with Gasteiger partial charge in [-0.2, -0.15) is 4.31 Å². The van der Waals surface area contributed by atoms with Crippen molar-refractivity contribution >= 4 is 38.5 Å². The fourth-order valence-electron chi connectivity index (χ4n) is 4.39. The smallest absolute Gasteiger partial charge is 0.268 e. The molecule has 1 fully saturated rings. The van der Waals surface area contributed by atoms with Crippen molar-refractivity contribution in [3.63, 3.8) is 0 Å². The van der Waals surface area contributed by atoms with E-state index in [9.17, 15) is 22.8 Å². The van der Waals surface area contributed by atoms with Gasteiger partial charge in [0, 0.05) is 23.6 Å². The van der Waals surface area contributed by atoms with Gasteiger partial charge in [-0.15, -0.1) is 0 Å². The maximum Gasteiger partial charge on any atom is 0.268 e. The Morgan fingerprint density at radius 2 is 1.92 bits per heavy atom. The fourth-order valence-corrected chi connectivity index (χ4v) is 5.77. The molecular formula is C26H31N5O5S. The van der Waals surface area contributed by atoms with Crippen LogP contribution < -0.4 is 10.6 Å². The molecular weight excluding hydrogens is 494 g/mol. The van der Waals surface area contributed by atoms with Crippen molar-refractivity contribution in [1.29, 1.82) is 0 Å². The zero-order valence-electron chi connectivity index (χ0n) is 20.8. The average molecular weight is 526 g/mol. The van der Waals surface area contributed by atoms with E-state index in [4.69, 9.17) is 0 Å². The molecule has 1 saturated heterocycles. The molecule has 11 heteroatoms. The van der Waals surface area contributed by atoms with Crippen molar-refractivity contribution < 1.29 is 22.8 Å². The minimum atomic E-state index is -3.93. The number of aromatic nitrogens is 2. The molecule has 4 rings (SSSR count). The number of carbonyl (C=O) groups is 3. The van der Waals surface area contributed by atoms with Gasteiger partial charge in [0.25, 0.3) is 15.9 Å². The second-order valence-electron chi connectivity index (χ2n) is 9.60. The number of nitrogens with one attached hydrogen (secondary N) is 3. The van der Waals surface area contributed by atoms with Crippen molar-refractivity contribution in [2.75, 3.05) is 13.1 Å². The van der Waals surface area contributed by atoms with Gasteiger partial charge >= 0.3 is 0 Å². The summed E-state index contributed by atoms with van der Waals surface area (Å²) in [5, 5.41) is 6.31. The third-order valence-electron chi connectivity index (χ3n) is 6.28. The number of ketones is 1. The van der Waals surface area contributed by atoms with E-state index < -0.39 is 39.7 Å². The first kappa shape index (κ1) is 26.5. The van der Waals surface area contributed by atoms with E-state index in [-0.39, 0.29) is 24.0 Å². The lowest BCUT2D eigenvalue weighted by atomic mass is 10.0. The molecule has 2 aromatic heterocycles. The third kappa shape index (κ3) is 6.23. The number of sulfonamides is 1. The van der Waals surface area contributed by atoms with E-state index in [1.54, 1.807) is 18.2 Å². The van der Waals surface area contributed by atoms with Crippen LogP contribution in [0.4, 0.5) is 0 Å². The fraction of sp³-hybridized carbons (Fsp3) is 0.385. The normalized spacial score (nSPS) is 17.9. The lowest BCUT2D eigenvalue weighted by molar-refractivity contribution is -0.129. The van der Waals surface area contributed by atoms with E-state index in [1.165, 1.54) is 12.3 Å². The Bertz CT molecular complexity index is 1350. The van der Waals surface area contributed by atoms with Crippen LogP contribution in [0.15, 0.2) is 59.8 Å². The molecule has 1 aliphatic heterocycles. The maximum absolute atomic E-state index is 13.2. The van der Waals surface area contributed by atoms with E-state index in [0.717, 1.165) is 15.2 Å². The number of pyridine rings is 1. The Kier molecular flexibility index (Phi) is 8.03. The summed E-state index contributed by atoms with van der Waals surface area (Å²) in [7, 11) is -3.93. The molecule has 10 nitrogen and oxygen atoms in total. The number of fused-ring (bicyclic) bond motifs is 1. The highest BCUT2D eigenvalue weighted by atomic mass is 32.2. The van der Waals surface area contributed by atoms with Gasteiger partial charge in [0.1, 0.15) is 11.7 Å². The Labute approximate surface area is 215 Å². The summed E-state index contributed by atoms with van der Waals surface area (Å²) in [5.74, 6) is -1.20. The molecule has 2 amide bonds. The second-order valence-corrected chi connectivity index (χ2v) is 11.5. The van der Waals surface area contributed by atoms with Crippen LogP contribution in [0.1, 0.15) is 43.6 Å². The molecule has 1 aliphatic rings. The number of hydrogen-bond donors (Lipinski definition) is 3. The Morgan fingerprint density at radius 3 is 2.62 bits per heavy atom. The third-order valence-corrected chi connectivity index (χ3v) is 8.04. The van der Waals surface area contributed by atoms with Crippen LogP contribution in [0.3, 0.4) is 0 Å². The van der Waals surface area contributed by atoms with Crippen molar-refractivity contribution in [3.8, 4) is 0 Å². The van der Waals surface area contributed by atoms with E-state index in [0.29, 0.717) is 25.0 Å². The zero-order chi connectivity index (χ0) is 26.6. The van der Waals surface area contributed by atoms with Gasteiger partial charge in [0.15, 0.2) is 10.8 Å². The number of Topliss-reactive ketones (excluding diaryl/α,β-unsaturated/α-hetero) is 1. The molecule has 0 bridgehead atoms. The predicted molar refractivity (Wildman–Crippen MR) is 138 cm³/mol. The topological polar surface area (TPSA) is 141 Å². The molecule has 3 N–H and O–H groups in total. The highest BCUT2D eigenvalue weighted by molar-refractivity contribution is 7.89. The van der Waals surface area contributed by atoms with Crippen LogP contribution in [0.25, 0.3) is 10.9 Å². The summed E-state index contributed by atoms with van der Waals surface area (Å²) in [4.78, 5) is 46.1. The first-order valence-corrected chi connectivity index (χ1v) is 13.7. The van der Waals surface area contributed by atoms with Gasteiger partial charge in [0.2, 0.25) is 5.91 Å². The summed E-state index contributed by atoms with van der Waals surface area (Å²) in [5.41, 5.74) is 1.15. The van der Waals surface area contributed by atoms with Crippen LogP contribution in [0, 0.1) is 5.92 Å².